The average molecular weight is 354 g/mol. The van der Waals surface area contributed by atoms with Crippen LogP contribution in [0.2, 0.25) is 0 Å². The van der Waals surface area contributed by atoms with Crippen molar-refractivity contribution in [1.82, 2.24) is 9.88 Å². The first kappa shape index (κ1) is 16.3. The van der Waals surface area contributed by atoms with Crippen LogP contribution in [-0.2, 0) is 12.8 Å². The maximum absolute atomic E-state index is 12.9. The first-order valence-corrected chi connectivity index (χ1v) is 9.49. The van der Waals surface area contributed by atoms with E-state index in [1.165, 1.54) is 16.9 Å². The molecule has 0 saturated heterocycles. The fraction of sp³-hybridized carbons (Fsp3) is 0.400. The SMILES string of the molecule is Cc1nc2sc3c(c2c(-c2ccco2)c1C(=O)N(C)C)CC[C@H](C)C3. The van der Waals surface area contributed by atoms with Crippen LogP contribution in [0.25, 0.3) is 21.5 Å². The standard InChI is InChI=1S/C20H22N2O2S/c1-11-7-8-13-15(10-11)25-19-17(13)18(14-6-5-9-24-14)16(12(2)21-19)20(23)22(3)4/h5-6,9,11H,7-8,10H2,1-4H3/t11-/m0/s1. The number of carbonyl (C=O) groups excluding carboxylic acids is 1. The minimum absolute atomic E-state index is 0.0255. The highest BCUT2D eigenvalue weighted by molar-refractivity contribution is 7.19. The number of nitrogens with zero attached hydrogens (tertiary/aromatic N) is 2. The zero-order valence-electron chi connectivity index (χ0n) is 15.0. The van der Waals surface area contributed by atoms with Crippen LogP contribution in [0.15, 0.2) is 22.8 Å². The molecule has 1 aliphatic carbocycles. The third kappa shape index (κ3) is 2.58. The molecule has 1 amide bonds. The summed E-state index contributed by atoms with van der Waals surface area (Å²) in [5, 5.41) is 1.12. The van der Waals surface area contributed by atoms with E-state index in [4.69, 9.17) is 9.40 Å². The quantitative estimate of drug-likeness (QED) is 0.670. The third-order valence-electron chi connectivity index (χ3n) is 5.01. The topological polar surface area (TPSA) is 46.3 Å². The van der Waals surface area contributed by atoms with Crippen molar-refractivity contribution in [2.45, 2.75) is 33.1 Å². The lowest BCUT2D eigenvalue weighted by atomic mass is 9.87. The number of pyridine rings is 1. The molecule has 0 radical (unpaired) electrons. The van der Waals surface area contributed by atoms with Crippen molar-refractivity contribution in [2.24, 2.45) is 5.92 Å². The van der Waals surface area contributed by atoms with E-state index < -0.39 is 0 Å². The predicted octanol–water partition coefficient (Wildman–Crippen LogP) is 4.69. The van der Waals surface area contributed by atoms with Gasteiger partial charge in [-0.25, -0.2) is 4.98 Å². The summed E-state index contributed by atoms with van der Waals surface area (Å²) in [4.78, 5) is 21.8. The third-order valence-corrected chi connectivity index (χ3v) is 6.16. The van der Waals surface area contributed by atoms with E-state index in [-0.39, 0.29) is 5.91 Å². The van der Waals surface area contributed by atoms with Crippen molar-refractivity contribution in [3.8, 4) is 11.3 Å². The van der Waals surface area contributed by atoms with Gasteiger partial charge in [-0.1, -0.05) is 6.92 Å². The molecule has 0 saturated carbocycles. The van der Waals surface area contributed by atoms with E-state index in [2.05, 4.69) is 6.92 Å². The minimum atomic E-state index is -0.0255. The van der Waals surface area contributed by atoms with Crippen molar-refractivity contribution < 1.29 is 9.21 Å². The largest absolute Gasteiger partial charge is 0.464 e. The summed E-state index contributed by atoms with van der Waals surface area (Å²) in [7, 11) is 3.56. The summed E-state index contributed by atoms with van der Waals surface area (Å²) in [5.41, 5.74) is 3.71. The Labute approximate surface area is 151 Å². The van der Waals surface area contributed by atoms with Crippen LogP contribution in [0, 0.1) is 12.8 Å². The number of hydrogen-bond donors (Lipinski definition) is 0. The van der Waals surface area contributed by atoms with Gasteiger partial charge in [0, 0.05) is 29.9 Å². The maximum atomic E-state index is 12.9. The summed E-state index contributed by atoms with van der Waals surface area (Å²) >= 11 is 1.78. The number of carbonyl (C=O) groups is 1. The van der Waals surface area contributed by atoms with Crippen molar-refractivity contribution in [1.29, 1.82) is 0 Å². The molecule has 3 aromatic rings. The lowest BCUT2D eigenvalue weighted by Gasteiger charge is -2.20. The van der Waals surface area contributed by atoms with Gasteiger partial charge in [0.05, 0.1) is 17.5 Å². The Hall–Kier alpha value is -2.14. The summed E-state index contributed by atoms with van der Waals surface area (Å²) in [6, 6.07) is 3.82. The van der Waals surface area contributed by atoms with Gasteiger partial charge in [-0.3, -0.25) is 4.79 Å². The predicted molar refractivity (Wildman–Crippen MR) is 101 cm³/mol. The van der Waals surface area contributed by atoms with Crippen molar-refractivity contribution in [3.05, 3.63) is 40.1 Å². The summed E-state index contributed by atoms with van der Waals surface area (Å²) < 4.78 is 5.74. The van der Waals surface area contributed by atoms with E-state index in [1.54, 1.807) is 36.6 Å². The summed E-state index contributed by atoms with van der Waals surface area (Å²) in [6.07, 6.45) is 5.00. The van der Waals surface area contributed by atoms with Crippen LogP contribution in [0.1, 0.15) is 39.8 Å². The van der Waals surface area contributed by atoms with E-state index in [9.17, 15) is 4.79 Å². The minimum Gasteiger partial charge on any atom is -0.464 e. The van der Waals surface area contributed by atoms with Crippen LogP contribution in [0.5, 0.6) is 0 Å². The highest BCUT2D eigenvalue weighted by Gasteiger charge is 2.29. The van der Waals surface area contributed by atoms with Gasteiger partial charge in [-0.05, 0) is 49.8 Å². The lowest BCUT2D eigenvalue weighted by molar-refractivity contribution is 0.0827. The lowest BCUT2D eigenvalue weighted by Crippen LogP contribution is -2.24. The molecule has 130 valence electrons. The second kappa shape index (κ2) is 5.99. The Morgan fingerprint density at radius 2 is 2.20 bits per heavy atom. The number of amides is 1. The van der Waals surface area contributed by atoms with Crippen LogP contribution >= 0.6 is 11.3 Å². The van der Waals surface area contributed by atoms with Crippen molar-refractivity contribution >= 4 is 27.5 Å². The number of thiophene rings is 1. The normalized spacial score (nSPS) is 16.9. The monoisotopic (exact) mass is 354 g/mol. The van der Waals surface area contributed by atoms with Gasteiger partial charge < -0.3 is 9.32 Å². The molecular weight excluding hydrogens is 332 g/mol. The molecule has 5 heteroatoms. The Bertz CT molecular complexity index is 954. The highest BCUT2D eigenvalue weighted by Crippen LogP contribution is 2.44. The Kier molecular flexibility index (Phi) is 3.91. The molecule has 0 fully saturated rings. The van der Waals surface area contributed by atoms with Gasteiger partial charge in [0.1, 0.15) is 10.6 Å². The fourth-order valence-electron chi connectivity index (χ4n) is 3.74. The smallest absolute Gasteiger partial charge is 0.255 e. The number of aromatic nitrogens is 1. The van der Waals surface area contributed by atoms with E-state index in [0.29, 0.717) is 11.5 Å². The van der Waals surface area contributed by atoms with Crippen molar-refractivity contribution in [3.63, 3.8) is 0 Å². The summed E-state index contributed by atoms with van der Waals surface area (Å²) in [5.74, 6) is 1.43. The van der Waals surface area contributed by atoms with E-state index in [1.807, 2.05) is 19.1 Å². The van der Waals surface area contributed by atoms with Gasteiger partial charge in [-0.15, -0.1) is 11.3 Å². The van der Waals surface area contributed by atoms with Crippen LogP contribution in [-0.4, -0.2) is 29.9 Å². The zero-order chi connectivity index (χ0) is 17.7. The number of rotatable bonds is 2. The molecule has 1 aliphatic rings. The molecule has 4 rings (SSSR count). The fourth-order valence-corrected chi connectivity index (χ4v) is 5.18. The first-order chi connectivity index (χ1) is 12.0. The van der Waals surface area contributed by atoms with E-state index >= 15 is 0 Å². The molecule has 0 N–H and O–H groups in total. The second-order valence-electron chi connectivity index (χ2n) is 7.16. The van der Waals surface area contributed by atoms with Crippen LogP contribution in [0.4, 0.5) is 0 Å². The Morgan fingerprint density at radius 1 is 1.40 bits per heavy atom. The number of furan rings is 1. The summed E-state index contributed by atoms with van der Waals surface area (Å²) in [6.45, 7) is 4.23. The van der Waals surface area contributed by atoms with Gasteiger partial charge in [-0.2, -0.15) is 0 Å². The molecule has 1 atom stereocenters. The first-order valence-electron chi connectivity index (χ1n) is 8.67. The Morgan fingerprint density at radius 3 is 2.88 bits per heavy atom. The van der Waals surface area contributed by atoms with E-state index in [0.717, 1.165) is 40.1 Å². The number of aryl methyl sites for hydroxylation is 2. The zero-order valence-corrected chi connectivity index (χ0v) is 15.9. The van der Waals surface area contributed by atoms with Gasteiger partial charge >= 0.3 is 0 Å². The molecule has 25 heavy (non-hydrogen) atoms. The van der Waals surface area contributed by atoms with Gasteiger partial charge in [0.15, 0.2) is 0 Å². The molecule has 0 unspecified atom stereocenters. The molecule has 4 nitrogen and oxygen atoms in total. The number of hydrogen-bond acceptors (Lipinski definition) is 4. The Balaban J connectivity index is 2.10. The van der Waals surface area contributed by atoms with Crippen LogP contribution < -0.4 is 0 Å². The molecule has 3 heterocycles. The van der Waals surface area contributed by atoms with Crippen LogP contribution in [0.3, 0.4) is 0 Å². The maximum Gasteiger partial charge on any atom is 0.255 e. The molecule has 0 aliphatic heterocycles. The van der Waals surface area contributed by atoms with Gasteiger partial charge in [0.25, 0.3) is 5.91 Å². The molecule has 0 aromatic carbocycles. The molecule has 0 spiro atoms. The second-order valence-corrected chi connectivity index (χ2v) is 8.24. The molecule has 0 bridgehead atoms. The highest BCUT2D eigenvalue weighted by atomic mass is 32.1. The average Bonchev–Trinajstić information content (AvgIpc) is 3.19. The van der Waals surface area contributed by atoms with Crippen molar-refractivity contribution in [2.75, 3.05) is 14.1 Å². The number of fused-ring (bicyclic) bond motifs is 3. The molecule has 3 aromatic heterocycles. The molecular formula is C20H22N2O2S. The van der Waals surface area contributed by atoms with Gasteiger partial charge in [0.2, 0.25) is 0 Å².